The Hall–Kier alpha value is -3.93. The molecule has 0 bridgehead atoms. The lowest BCUT2D eigenvalue weighted by molar-refractivity contribution is -0.311. The standard InChI is InChI=1S/C27H23ClF5N3O4/c1-14-10-17(35-24(38)36-22(37)18-6-4-5-7-19(18)28)13-34-23(14)39-21(26(29,30)27(31,32)33)15-8-9-20-16(11-15)12-25(2,3)40-20/h4-11,13,21H,12H2,1-3H3,(H2,35,36,37,38). The molecule has 2 aromatic carbocycles. The highest BCUT2D eigenvalue weighted by Gasteiger charge is 2.64. The average Bonchev–Trinajstić information content (AvgIpc) is 3.15. The Kier molecular flexibility index (Phi) is 7.68. The highest BCUT2D eigenvalue weighted by Crippen LogP contribution is 2.48. The Balaban J connectivity index is 1.55. The SMILES string of the molecule is Cc1cc(NC(=O)NC(=O)c2ccccc2Cl)cnc1OC(c1ccc2c(c1)CC(C)(C)O2)C(F)(F)C(F)(F)F. The fraction of sp³-hybridized carbons (Fsp3) is 0.296. The molecule has 1 unspecified atom stereocenters. The molecule has 0 aliphatic carbocycles. The van der Waals surface area contributed by atoms with Crippen LogP contribution in [-0.4, -0.2) is 34.6 Å². The van der Waals surface area contributed by atoms with Gasteiger partial charge in [-0.2, -0.15) is 22.0 Å². The Morgan fingerprint density at radius 1 is 1.10 bits per heavy atom. The van der Waals surface area contributed by atoms with E-state index in [1.165, 1.54) is 37.3 Å². The molecule has 0 saturated heterocycles. The number of rotatable bonds is 6. The second-order valence-corrected chi connectivity index (χ2v) is 10.2. The molecule has 0 spiro atoms. The first kappa shape index (κ1) is 29.1. The number of nitrogens with zero attached hydrogens (tertiary/aromatic N) is 1. The number of urea groups is 1. The summed E-state index contributed by atoms with van der Waals surface area (Å²) in [4.78, 5) is 28.4. The number of nitrogens with one attached hydrogen (secondary N) is 2. The summed E-state index contributed by atoms with van der Waals surface area (Å²) in [5, 5.41) is 4.52. The molecule has 3 aromatic rings. The van der Waals surface area contributed by atoms with E-state index in [9.17, 15) is 31.5 Å². The van der Waals surface area contributed by atoms with Crippen LogP contribution in [-0.2, 0) is 6.42 Å². The number of pyridine rings is 1. The third-order valence-corrected chi connectivity index (χ3v) is 6.29. The Morgan fingerprint density at radius 2 is 1.80 bits per heavy atom. The van der Waals surface area contributed by atoms with Crippen LogP contribution in [0.3, 0.4) is 0 Å². The second kappa shape index (κ2) is 10.6. The molecule has 1 aromatic heterocycles. The van der Waals surface area contributed by atoms with Gasteiger partial charge in [0.15, 0.2) is 6.10 Å². The maximum absolute atomic E-state index is 14.7. The van der Waals surface area contributed by atoms with E-state index in [2.05, 4.69) is 15.6 Å². The molecule has 13 heteroatoms. The van der Waals surface area contributed by atoms with Crippen LogP contribution in [0.4, 0.5) is 32.4 Å². The lowest BCUT2D eigenvalue weighted by atomic mass is 9.96. The maximum atomic E-state index is 14.7. The number of hydrogen-bond acceptors (Lipinski definition) is 5. The summed E-state index contributed by atoms with van der Waals surface area (Å²) in [6, 6.07) is 9.95. The van der Waals surface area contributed by atoms with Gasteiger partial charge in [0.25, 0.3) is 5.91 Å². The second-order valence-electron chi connectivity index (χ2n) is 9.76. The van der Waals surface area contributed by atoms with Gasteiger partial charge in [-0.05, 0) is 62.2 Å². The molecule has 0 radical (unpaired) electrons. The topological polar surface area (TPSA) is 89.6 Å². The molecule has 3 amide bonds. The average molecular weight is 584 g/mol. The number of amides is 3. The van der Waals surface area contributed by atoms with Crippen molar-refractivity contribution >= 4 is 29.2 Å². The van der Waals surface area contributed by atoms with Crippen molar-refractivity contribution in [2.45, 2.75) is 51.0 Å². The van der Waals surface area contributed by atoms with Gasteiger partial charge in [-0.3, -0.25) is 10.1 Å². The smallest absolute Gasteiger partial charge is 0.457 e. The van der Waals surface area contributed by atoms with Crippen LogP contribution in [0.25, 0.3) is 0 Å². The van der Waals surface area contributed by atoms with Gasteiger partial charge in [0.05, 0.1) is 22.5 Å². The summed E-state index contributed by atoms with van der Waals surface area (Å²) in [5.74, 6) is -6.18. The Morgan fingerprint density at radius 3 is 2.45 bits per heavy atom. The number of alkyl halides is 5. The molecule has 4 rings (SSSR count). The molecule has 2 heterocycles. The number of halogens is 6. The summed E-state index contributed by atoms with van der Waals surface area (Å²) in [7, 11) is 0. The monoisotopic (exact) mass is 583 g/mol. The Bertz CT molecular complexity index is 1460. The van der Waals surface area contributed by atoms with Gasteiger partial charge >= 0.3 is 18.1 Å². The highest BCUT2D eigenvalue weighted by molar-refractivity contribution is 6.34. The van der Waals surface area contributed by atoms with Crippen molar-refractivity contribution in [2.75, 3.05) is 5.32 Å². The van der Waals surface area contributed by atoms with E-state index in [4.69, 9.17) is 21.1 Å². The van der Waals surface area contributed by atoms with Gasteiger partial charge in [-0.15, -0.1) is 0 Å². The molecular formula is C27H23ClF5N3O4. The molecule has 40 heavy (non-hydrogen) atoms. The van der Waals surface area contributed by atoms with Crippen LogP contribution in [0.15, 0.2) is 54.7 Å². The van der Waals surface area contributed by atoms with Crippen LogP contribution in [0.2, 0.25) is 5.02 Å². The summed E-state index contributed by atoms with van der Waals surface area (Å²) < 4.78 is 80.7. The third-order valence-electron chi connectivity index (χ3n) is 5.96. The van der Waals surface area contributed by atoms with Gasteiger partial charge < -0.3 is 14.8 Å². The number of ether oxygens (including phenoxy) is 2. The first-order chi connectivity index (χ1) is 18.6. The van der Waals surface area contributed by atoms with Crippen LogP contribution in [0, 0.1) is 6.92 Å². The van der Waals surface area contributed by atoms with Gasteiger partial charge in [0.1, 0.15) is 11.4 Å². The number of aryl methyl sites for hydroxylation is 1. The van der Waals surface area contributed by atoms with E-state index < -0.39 is 47.2 Å². The Labute approximate surface area is 230 Å². The summed E-state index contributed by atoms with van der Waals surface area (Å²) in [5.41, 5.74) is -0.474. The van der Waals surface area contributed by atoms with Gasteiger partial charge in [0, 0.05) is 12.0 Å². The van der Waals surface area contributed by atoms with Crippen LogP contribution >= 0.6 is 11.6 Å². The number of imide groups is 1. The molecule has 1 atom stereocenters. The van der Waals surface area contributed by atoms with Crippen LogP contribution in [0.5, 0.6) is 11.6 Å². The molecule has 0 saturated carbocycles. The van der Waals surface area contributed by atoms with Crippen molar-refractivity contribution in [3.8, 4) is 11.6 Å². The number of carbonyl (C=O) groups excluding carboxylic acids is 2. The number of hydrogen-bond donors (Lipinski definition) is 2. The minimum Gasteiger partial charge on any atom is -0.487 e. The minimum atomic E-state index is -5.92. The molecule has 212 valence electrons. The van der Waals surface area contributed by atoms with E-state index in [-0.39, 0.29) is 21.8 Å². The van der Waals surface area contributed by atoms with Crippen molar-refractivity contribution < 1.29 is 41.0 Å². The van der Waals surface area contributed by atoms with Crippen LogP contribution in [0.1, 0.15) is 47.0 Å². The third kappa shape index (κ3) is 6.11. The largest absolute Gasteiger partial charge is 0.487 e. The zero-order valence-electron chi connectivity index (χ0n) is 21.3. The number of anilines is 1. The maximum Gasteiger partial charge on any atom is 0.457 e. The molecule has 2 N–H and O–H groups in total. The van der Waals surface area contributed by atoms with Gasteiger partial charge in [-0.1, -0.05) is 29.8 Å². The molecule has 7 nitrogen and oxygen atoms in total. The molecule has 1 aliphatic rings. The van der Waals surface area contributed by atoms with E-state index in [1.54, 1.807) is 26.0 Å². The van der Waals surface area contributed by atoms with Crippen molar-refractivity contribution in [3.63, 3.8) is 0 Å². The molecule has 1 aliphatic heterocycles. The fourth-order valence-electron chi connectivity index (χ4n) is 4.14. The predicted octanol–water partition coefficient (Wildman–Crippen LogP) is 7.04. The zero-order valence-corrected chi connectivity index (χ0v) is 22.1. The highest BCUT2D eigenvalue weighted by atomic mass is 35.5. The quantitative estimate of drug-likeness (QED) is 0.304. The van der Waals surface area contributed by atoms with Crippen molar-refractivity contribution in [3.05, 3.63) is 82.0 Å². The summed E-state index contributed by atoms with van der Waals surface area (Å²) >= 11 is 5.94. The molecular weight excluding hydrogens is 561 g/mol. The van der Waals surface area contributed by atoms with Crippen molar-refractivity contribution in [2.24, 2.45) is 0 Å². The van der Waals surface area contributed by atoms with E-state index in [1.807, 2.05) is 0 Å². The number of benzene rings is 2. The zero-order chi connectivity index (χ0) is 29.5. The lowest BCUT2D eigenvalue weighted by Gasteiger charge is -2.29. The summed E-state index contributed by atoms with van der Waals surface area (Å²) in [6.45, 7) is 4.88. The van der Waals surface area contributed by atoms with Gasteiger partial charge in [0.2, 0.25) is 5.88 Å². The van der Waals surface area contributed by atoms with E-state index in [0.29, 0.717) is 17.7 Å². The fourth-order valence-corrected chi connectivity index (χ4v) is 4.36. The number of carbonyl (C=O) groups is 2. The number of aromatic nitrogens is 1. The van der Waals surface area contributed by atoms with Crippen LogP contribution < -0.4 is 20.1 Å². The van der Waals surface area contributed by atoms with Gasteiger partial charge in [-0.25, -0.2) is 9.78 Å². The van der Waals surface area contributed by atoms with E-state index in [0.717, 1.165) is 12.3 Å². The lowest BCUT2D eigenvalue weighted by Crippen LogP contribution is -2.44. The minimum absolute atomic E-state index is 0.0188. The number of fused-ring (bicyclic) bond motifs is 1. The van der Waals surface area contributed by atoms with Crippen molar-refractivity contribution in [1.82, 2.24) is 10.3 Å². The van der Waals surface area contributed by atoms with E-state index >= 15 is 0 Å². The normalized spacial score (nSPS) is 15.0. The first-order valence-corrected chi connectivity index (χ1v) is 12.2. The first-order valence-electron chi connectivity index (χ1n) is 11.8. The van der Waals surface area contributed by atoms with Crippen molar-refractivity contribution in [1.29, 1.82) is 0 Å². The summed E-state index contributed by atoms with van der Waals surface area (Å²) in [6.07, 6.45) is -7.39. The molecule has 0 fully saturated rings. The predicted molar refractivity (Wildman–Crippen MR) is 136 cm³/mol.